The molecule has 12 nitrogen and oxygen atoms in total. The molecule has 3 amide bonds. The van der Waals surface area contributed by atoms with Crippen LogP contribution in [0.25, 0.3) is 10.8 Å². The van der Waals surface area contributed by atoms with Crippen molar-refractivity contribution in [3.05, 3.63) is 30.5 Å². The fourth-order valence-electron chi connectivity index (χ4n) is 6.09. The van der Waals surface area contributed by atoms with Crippen molar-refractivity contribution in [2.75, 3.05) is 20.8 Å². The van der Waals surface area contributed by atoms with E-state index in [2.05, 4.69) is 15.6 Å². The number of likely N-dealkylation sites (tertiary alicyclic amines) is 1. The second-order valence-corrected chi connectivity index (χ2v) is 14.3. The van der Waals surface area contributed by atoms with Gasteiger partial charge in [0.2, 0.25) is 17.7 Å². The quantitative estimate of drug-likeness (QED) is 0.362. The number of benzene rings is 1. The van der Waals surface area contributed by atoms with Crippen LogP contribution in [0.15, 0.2) is 30.5 Å². The zero-order chi connectivity index (χ0) is 34.0. The molecule has 1 aliphatic carbocycles. The molecule has 0 spiro atoms. The van der Waals surface area contributed by atoms with Gasteiger partial charge in [0.25, 0.3) is 0 Å². The molecule has 1 aromatic heterocycles. The van der Waals surface area contributed by atoms with Crippen LogP contribution in [0.1, 0.15) is 74.1 Å². The molecular weight excluding hydrogens is 592 g/mol. The standard InChI is InChI=1S/C34H48N4O8/c1-10-11-21-18-34(21,30(41)44-9)37-27(39)25-17-23(45-28-24-13-12-22(43-8)16-20(24)14-15-35-28)19-38(25)29(40)26(32(2,3)4)36-31(42)46-33(5,6)7/h12-16,21,23,25-26H,10-11,17-19H2,1-9H3,(H,36,42)(H,37,39). The van der Waals surface area contributed by atoms with Crippen LogP contribution in [-0.4, -0.2) is 83.9 Å². The Hall–Kier alpha value is -4.09. The highest BCUT2D eigenvalue weighted by Gasteiger charge is 2.62. The topological polar surface area (TPSA) is 145 Å². The fourth-order valence-corrected chi connectivity index (χ4v) is 6.09. The number of carbonyl (C=O) groups excluding carboxylic acids is 4. The van der Waals surface area contributed by atoms with E-state index in [4.69, 9.17) is 18.9 Å². The number of methoxy groups -OCH3 is 2. The Balaban J connectivity index is 1.65. The molecule has 1 aromatic carbocycles. The Morgan fingerprint density at radius 3 is 2.41 bits per heavy atom. The highest BCUT2D eigenvalue weighted by molar-refractivity contribution is 5.96. The maximum Gasteiger partial charge on any atom is 0.408 e. The molecule has 0 bridgehead atoms. The lowest BCUT2D eigenvalue weighted by Gasteiger charge is -2.36. The Bertz CT molecular complexity index is 1470. The highest BCUT2D eigenvalue weighted by Crippen LogP contribution is 2.48. The number of amides is 3. The number of nitrogens with zero attached hydrogens (tertiary/aromatic N) is 2. The number of alkyl carbamates (subject to hydrolysis) is 1. The summed E-state index contributed by atoms with van der Waals surface area (Å²) >= 11 is 0. The number of hydrogen-bond donors (Lipinski definition) is 2. The third-order valence-electron chi connectivity index (χ3n) is 8.47. The van der Waals surface area contributed by atoms with Gasteiger partial charge in [-0.15, -0.1) is 0 Å². The molecule has 252 valence electrons. The Labute approximate surface area is 270 Å². The predicted octanol–water partition coefficient (Wildman–Crippen LogP) is 4.38. The fraction of sp³-hybridized carbons (Fsp3) is 0.618. The first-order valence-corrected chi connectivity index (χ1v) is 15.8. The van der Waals surface area contributed by atoms with E-state index in [1.165, 1.54) is 12.0 Å². The van der Waals surface area contributed by atoms with Crippen LogP contribution >= 0.6 is 0 Å². The summed E-state index contributed by atoms with van der Waals surface area (Å²) in [7, 11) is 2.89. The van der Waals surface area contributed by atoms with Crippen molar-refractivity contribution in [3.63, 3.8) is 0 Å². The summed E-state index contributed by atoms with van der Waals surface area (Å²) in [6.07, 6.45) is 2.48. The van der Waals surface area contributed by atoms with Crippen LogP contribution in [0, 0.1) is 11.3 Å². The molecule has 46 heavy (non-hydrogen) atoms. The number of hydrogen-bond acceptors (Lipinski definition) is 9. The lowest BCUT2D eigenvalue weighted by molar-refractivity contribution is -0.148. The van der Waals surface area contributed by atoms with Crippen molar-refractivity contribution >= 4 is 34.6 Å². The Morgan fingerprint density at radius 1 is 1.09 bits per heavy atom. The monoisotopic (exact) mass is 640 g/mol. The molecule has 1 saturated heterocycles. The molecule has 1 aliphatic heterocycles. The first-order chi connectivity index (χ1) is 21.5. The smallest absolute Gasteiger partial charge is 0.408 e. The highest BCUT2D eigenvalue weighted by atomic mass is 16.6. The number of nitrogens with one attached hydrogen (secondary N) is 2. The molecule has 1 saturated carbocycles. The number of carbonyl (C=O) groups is 4. The molecule has 5 unspecified atom stereocenters. The maximum atomic E-state index is 14.3. The summed E-state index contributed by atoms with van der Waals surface area (Å²) in [6.45, 7) is 12.8. The van der Waals surface area contributed by atoms with Gasteiger partial charge in [0.05, 0.1) is 20.8 Å². The zero-order valence-corrected chi connectivity index (χ0v) is 28.4. The number of pyridine rings is 1. The number of ether oxygens (including phenoxy) is 4. The van der Waals surface area contributed by atoms with E-state index in [-0.39, 0.29) is 18.9 Å². The minimum atomic E-state index is -1.13. The normalized spacial score (nSPS) is 23.3. The van der Waals surface area contributed by atoms with Gasteiger partial charge in [-0.05, 0) is 74.6 Å². The second-order valence-electron chi connectivity index (χ2n) is 14.3. The van der Waals surface area contributed by atoms with Gasteiger partial charge in [-0.1, -0.05) is 34.1 Å². The van der Waals surface area contributed by atoms with Gasteiger partial charge in [-0.3, -0.25) is 9.59 Å². The van der Waals surface area contributed by atoms with Crippen molar-refractivity contribution < 1.29 is 38.1 Å². The molecule has 4 rings (SSSR count). The molecule has 2 N–H and O–H groups in total. The summed E-state index contributed by atoms with van der Waals surface area (Å²) in [5.41, 5.74) is -2.65. The van der Waals surface area contributed by atoms with E-state index in [1.54, 1.807) is 34.1 Å². The van der Waals surface area contributed by atoms with Gasteiger partial charge >= 0.3 is 12.1 Å². The summed E-state index contributed by atoms with van der Waals surface area (Å²) < 4.78 is 22.3. The Morgan fingerprint density at radius 2 is 1.80 bits per heavy atom. The molecule has 2 aliphatic rings. The van der Waals surface area contributed by atoms with Gasteiger partial charge in [0.1, 0.15) is 35.1 Å². The van der Waals surface area contributed by atoms with Gasteiger partial charge in [-0.25, -0.2) is 14.6 Å². The average Bonchev–Trinajstić information content (AvgIpc) is 3.49. The van der Waals surface area contributed by atoms with Crippen LogP contribution in [0.2, 0.25) is 0 Å². The number of aromatic nitrogens is 1. The van der Waals surface area contributed by atoms with Gasteiger partial charge < -0.3 is 34.5 Å². The number of rotatable bonds is 10. The third-order valence-corrected chi connectivity index (χ3v) is 8.47. The largest absolute Gasteiger partial charge is 0.497 e. The van der Waals surface area contributed by atoms with Gasteiger partial charge in [-0.2, -0.15) is 0 Å². The lowest BCUT2D eigenvalue weighted by Crippen LogP contribution is -2.59. The van der Waals surface area contributed by atoms with Crippen LogP contribution in [0.4, 0.5) is 4.79 Å². The molecular formula is C34H48N4O8. The molecule has 2 heterocycles. The third kappa shape index (κ3) is 7.64. The lowest BCUT2D eigenvalue weighted by atomic mass is 9.85. The first kappa shape index (κ1) is 34.8. The average molecular weight is 641 g/mol. The van der Waals surface area contributed by atoms with Crippen molar-refractivity contribution in [3.8, 4) is 11.6 Å². The molecule has 5 atom stereocenters. The van der Waals surface area contributed by atoms with E-state index in [9.17, 15) is 19.2 Å². The first-order valence-electron chi connectivity index (χ1n) is 15.8. The minimum absolute atomic E-state index is 0.0529. The van der Waals surface area contributed by atoms with E-state index >= 15 is 0 Å². The van der Waals surface area contributed by atoms with Crippen molar-refractivity contribution in [2.24, 2.45) is 11.3 Å². The summed E-state index contributed by atoms with van der Waals surface area (Å²) in [6, 6.07) is 5.36. The zero-order valence-electron chi connectivity index (χ0n) is 28.4. The van der Waals surface area contributed by atoms with Crippen molar-refractivity contribution in [1.29, 1.82) is 0 Å². The van der Waals surface area contributed by atoms with Crippen LogP contribution in [0.5, 0.6) is 11.6 Å². The van der Waals surface area contributed by atoms with Crippen LogP contribution in [-0.2, 0) is 23.9 Å². The SMILES string of the molecule is CCCC1CC1(NC(=O)C1CC(Oc2nccc3cc(OC)ccc23)CN1C(=O)C(NC(=O)OC(C)(C)C)C(C)(C)C)C(=O)OC. The minimum Gasteiger partial charge on any atom is -0.497 e. The van der Waals surface area contributed by atoms with Crippen LogP contribution < -0.4 is 20.1 Å². The summed E-state index contributed by atoms with van der Waals surface area (Å²) in [5, 5.41) is 7.29. The molecule has 2 aromatic rings. The van der Waals surface area contributed by atoms with Crippen LogP contribution in [0.3, 0.4) is 0 Å². The van der Waals surface area contributed by atoms with E-state index in [0.29, 0.717) is 18.1 Å². The predicted molar refractivity (Wildman–Crippen MR) is 171 cm³/mol. The Kier molecular flexibility index (Phi) is 10.1. The van der Waals surface area contributed by atoms with Crippen molar-refractivity contribution in [1.82, 2.24) is 20.5 Å². The van der Waals surface area contributed by atoms with E-state index in [1.807, 2.05) is 52.0 Å². The van der Waals surface area contributed by atoms with Crippen molar-refractivity contribution in [2.45, 2.75) is 103 Å². The molecule has 12 heteroatoms. The second kappa shape index (κ2) is 13.3. The van der Waals surface area contributed by atoms with E-state index in [0.717, 1.165) is 23.6 Å². The molecule has 0 radical (unpaired) electrons. The maximum absolute atomic E-state index is 14.3. The number of fused-ring (bicyclic) bond motifs is 1. The van der Waals surface area contributed by atoms with Gasteiger partial charge in [0.15, 0.2) is 0 Å². The van der Waals surface area contributed by atoms with E-state index < -0.39 is 58.6 Å². The molecule has 2 fully saturated rings. The van der Waals surface area contributed by atoms with Gasteiger partial charge in [0, 0.05) is 18.0 Å². The summed E-state index contributed by atoms with van der Waals surface area (Å²) in [5.74, 6) is -0.464. The number of esters is 1. The summed E-state index contributed by atoms with van der Waals surface area (Å²) in [4.78, 5) is 60.0.